The minimum Gasteiger partial charge on any atom is -0.289 e. The van der Waals surface area contributed by atoms with Crippen molar-refractivity contribution in [2.24, 2.45) is 0 Å². The fraction of sp³-hybridized carbons (Fsp3) is 0.133. The third-order valence-corrected chi connectivity index (χ3v) is 4.23. The number of hydrogen-bond acceptors (Lipinski definition) is 1. The van der Waals surface area contributed by atoms with Crippen LogP contribution in [0.5, 0.6) is 0 Å². The van der Waals surface area contributed by atoms with E-state index in [2.05, 4.69) is 38.5 Å². The van der Waals surface area contributed by atoms with Crippen molar-refractivity contribution in [2.75, 3.05) is 0 Å². The van der Waals surface area contributed by atoms with Crippen LogP contribution in [0.25, 0.3) is 0 Å². The maximum Gasteiger partial charge on any atom is 0.194 e. The summed E-state index contributed by atoms with van der Waals surface area (Å²) < 4.78 is 15.3. The Kier molecular flexibility index (Phi) is 4.40. The summed E-state index contributed by atoms with van der Waals surface area (Å²) in [5.41, 5.74) is 2.09. The van der Waals surface area contributed by atoms with Crippen molar-refractivity contribution in [3.8, 4) is 0 Å². The topological polar surface area (TPSA) is 17.1 Å². The molecule has 0 N–H and O–H groups in total. The Balaban J connectivity index is 2.53. The molecule has 4 heteroatoms. The van der Waals surface area contributed by atoms with E-state index in [-0.39, 0.29) is 11.6 Å². The van der Waals surface area contributed by atoms with Crippen molar-refractivity contribution in [3.05, 3.63) is 66.4 Å². The Bertz CT molecular complexity index is 644. The molecule has 0 aliphatic heterocycles. The number of rotatable bonds is 2. The molecule has 0 bridgehead atoms. The normalized spacial score (nSPS) is 10.6. The molecule has 0 heterocycles. The van der Waals surface area contributed by atoms with Crippen LogP contribution in [0.15, 0.2) is 34.8 Å². The molecule has 2 aromatic rings. The zero-order chi connectivity index (χ0) is 14.2. The van der Waals surface area contributed by atoms with Crippen molar-refractivity contribution in [2.45, 2.75) is 13.8 Å². The molecule has 19 heavy (non-hydrogen) atoms. The number of hydrogen-bond donors (Lipinski definition) is 0. The van der Waals surface area contributed by atoms with Gasteiger partial charge in [0.1, 0.15) is 5.82 Å². The summed E-state index contributed by atoms with van der Waals surface area (Å²) in [5, 5.41) is 0. The predicted molar refractivity (Wildman–Crippen MR) is 86.2 cm³/mol. The lowest BCUT2D eigenvalue weighted by Crippen LogP contribution is -2.05. The SMILES string of the molecule is Cc1cc(C(=O)c2cc(I)ccc2Br)cc(C)c1F. The van der Waals surface area contributed by atoms with Crippen LogP contribution in [0, 0.1) is 23.2 Å². The van der Waals surface area contributed by atoms with Gasteiger partial charge in [-0.25, -0.2) is 4.39 Å². The van der Waals surface area contributed by atoms with Gasteiger partial charge in [0, 0.05) is 19.2 Å². The van der Waals surface area contributed by atoms with E-state index in [1.165, 1.54) is 0 Å². The smallest absolute Gasteiger partial charge is 0.194 e. The Morgan fingerprint density at radius 3 is 2.32 bits per heavy atom. The first-order valence-electron chi connectivity index (χ1n) is 5.66. The van der Waals surface area contributed by atoms with Crippen LogP contribution < -0.4 is 0 Å². The van der Waals surface area contributed by atoms with Gasteiger partial charge in [-0.3, -0.25) is 4.79 Å². The number of benzene rings is 2. The van der Waals surface area contributed by atoms with Crippen molar-refractivity contribution in [1.82, 2.24) is 0 Å². The van der Waals surface area contributed by atoms with Gasteiger partial charge in [-0.15, -0.1) is 0 Å². The molecule has 0 saturated heterocycles. The maximum atomic E-state index is 13.6. The average Bonchev–Trinajstić information content (AvgIpc) is 2.37. The van der Waals surface area contributed by atoms with E-state index >= 15 is 0 Å². The third-order valence-electron chi connectivity index (χ3n) is 2.87. The first-order chi connectivity index (χ1) is 8.90. The van der Waals surface area contributed by atoms with E-state index < -0.39 is 0 Å². The van der Waals surface area contributed by atoms with Gasteiger partial charge >= 0.3 is 0 Å². The maximum absolute atomic E-state index is 13.6. The molecule has 0 unspecified atom stereocenters. The lowest BCUT2D eigenvalue weighted by atomic mass is 9.99. The molecule has 0 atom stereocenters. The molecular formula is C15H11BrFIO. The van der Waals surface area contributed by atoms with Gasteiger partial charge in [0.15, 0.2) is 5.78 Å². The fourth-order valence-corrected chi connectivity index (χ4v) is 2.82. The summed E-state index contributed by atoms with van der Waals surface area (Å²) in [6.07, 6.45) is 0. The van der Waals surface area contributed by atoms with Crippen LogP contribution in [0.3, 0.4) is 0 Å². The molecule has 0 aromatic heterocycles. The van der Waals surface area contributed by atoms with Crippen molar-refractivity contribution >= 4 is 44.3 Å². The third kappa shape index (κ3) is 3.05. The minimum absolute atomic E-state index is 0.100. The summed E-state index contributed by atoms with van der Waals surface area (Å²) in [6, 6.07) is 8.77. The minimum atomic E-state index is -0.252. The Hall–Kier alpha value is -0.750. The van der Waals surface area contributed by atoms with Crippen LogP contribution in [0.2, 0.25) is 0 Å². The quantitative estimate of drug-likeness (QED) is 0.480. The van der Waals surface area contributed by atoms with Crippen LogP contribution in [0.4, 0.5) is 4.39 Å². The van der Waals surface area contributed by atoms with E-state index in [9.17, 15) is 9.18 Å². The van der Waals surface area contributed by atoms with E-state index in [0.717, 1.165) is 8.04 Å². The van der Waals surface area contributed by atoms with E-state index in [4.69, 9.17) is 0 Å². The molecule has 0 saturated carbocycles. The van der Waals surface area contributed by atoms with Crippen molar-refractivity contribution < 1.29 is 9.18 Å². The second kappa shape index (κ2) is 5.71. The Morgan fingerprint density at radius 1 is 1.16 bits per heavy atom. The molecule has 98 valence electrons. The average molecular weight is 433 g/mol. The Labute approximate surface area is 133 Å². The van der Waals surface area contributed by atoms with Crippen LogP contribution in [-0.4, -0.2) is 5.78 Å². The Morgan fingerprint density at radius 2 is 1.74 bits per heavy atom. The second-order valence-corrected chi connectivity index (χ2v) is 6.48. The lowest BCUT2D eigenvalue weighted by molar-refractivity contribution is 0.103. The summed E-state index contributed by atoms with van der Waals surface area (Å²) in [4.78, 5) is 12.5. The lowest BCUT2D eigenvalue weighted by Gasteiger charge is -2.08. The van der Waals surface area contributed by atoms with Crippen LogP contribution in [0.1, 0.15) is 27.0 Å². The summed E-state index contributed by atoms with van der Waals surface area (Å²) in [7, 11) is 0. The molecular weight excluding hydrogens is 422 g/mol. The van der Waals surface area contributed by atoms with E-state index in [1.54, 1.807) is 26.0 Å². The molecule has 2 rings (SSSR count). The number of carbonyl (C=O) groups excluding carboxylic acids is 1. The van der Waals surface area contributed by atoms with Gasteiger partial charge in [-0.1, -0.05) is 15.9 Å². The highest BCUT2D eigenvalue weighted by Crippen LogP contribution is 2.24. The monoisotopic (exact) mass is 432 g/mol. The highest BCUT2D eigenvalue weighted by molar-refractivity contribution is 14.1. The van der Waals surface area contributed by atoms with Gasteiger partial charge in [0.25, 0.3) is 0 Å². The summed E-state index contributed by atoms with van der Waals surface area (Å²) >= 11 is 5.54. The predicted octanol–water partition coefficient (Wildman–Crippen LogP) is 5.04. The molecule has 0 aliphatic carbocycles. The first-order valence-corrected chi connectivity index (χ1v) is 7.54. The van der Waals surface area contributed by atoms with Gasteiger partial charge in [-0.05, 0) is 77.9 Å². The second-order valence-electron chi connectivity index (χ2n) is 4.38. The van der Waals surface area contributed by atoms with Gasteiger partial charge in [-0.2, -0.15) is 0 Å². The van der Waals surface area contributed by atoms with Crippen molar-refractivity contribution in [1.29, 1.82) is 0 Å². The number of ketones is 1. The molecule has 0 spiro atoms. The number of carbonyl (C=O) groups is 1. The number of aryl methyl sites for hydroxylation is 2. The molecule has 1 nitrogen and oxygen atoms in total. The fourth-order valence-electron chi connectivity index (χ4n) is 1.90. The number of halogens is 3. The molecule has 0 radical (unpaired) electrons. The van der Waals surface area contributed by atoms with Gasteiger partial charge in [0.2, 0.25) is 0 Å². The van der Waals surface area contributed by atoms with Gasteiger partial charge < -0.3 is 0 Å². The van der Waals surface area contributed by atoms with Crippen molar-refractivity contribution in [3.63, 3.8) is 0 Å². The molecule has 0 fully saturated rings. The zero-order valence-corrected chi connectivity index (χ0v) is 14.2. The summed E-state index contributed by atoms with van der Waals surface area (Å²) in [5.74, 6) is -0.352. The highest BCUT2D eigenvalue weighted by Gasteiger charge is 2.15. The first kappa shape index (κ1) is 14.7. The summed E-state index contributed by atoms with van der Waals surface area (Å²) in [6.45, 7) is 3.34. The van der Waals surface area contributed by atoms with Crippen LogP contribution in [-0.2, 0) is 0 Å². The van der Waals surface area contributed by atoms with E-state index in [0.29, 0.717) is 22.3 Å². The van der Waals surface area contributed by atoms with Gasteiger partial charge in [0.05, 0.1) is 0 Å². The van der Waals surface area contributed by atoms with E-state index in [1.807, 2.05) is 18.2 Å². The van der Waals surface area contributed by atoms with Crippen LogP contribution >= 0.6 is 38.5 Å². The standard InChI is InChI=1S/C15H11BrFIO/c1-8-5-10(6-9(2)14(8)17)15(19)12-7-11(18)3-4-13(12)16/h3-7H,1-2H3. The largest absolute Gasteiger partial charge is 0.289 e. The molecule has 0 aliphatic rings. The molecule has 2 aromatic carbocycles. The highest BCUT2D eigenvalue weighted by atomic mass is 127. The zero-order valence-electron chi connectivity index (χ0n) is 10.4. The molecule has 0 amide bonds.